The van der Waals surface area contributed by atoms with Gasteiger partial charge in [-0.15, -0.1) is 0 Å². The summed E-state index contributed by atoms with van der Waals surface area (Å²) in [5.74, 6) is 0. The highest BCUT2D eigenvalue weighted by Gasteiger charge is 2.45. The van der Waals surface area contributed by atoms with Gasteiger partial charge in [0.25, 0.3) is 5.69 Å². The van der Waals surface area contributed by atoms with E-state index in [1.54, 1.807) is 0 Å². The molecule has 0 aromatic heterocycles. The van der Waals surface area contributed by atoms with Crippen LogP contribution in [0.3, 0.4) is 0 Å². The largest absolute Gasteiger partial charge is 0.364 e. The van der Waals surface area contributed by atoms with Crippen molar-refractivity contribution < 1.29 is 18.1 Å². The van der Waals surface area contributed by atoms with Crippen molar-refractivity contribution >= 4 is 15.7 Å². The van der Waals surface area contributed by atoms with Crippen LogP contribution in [-0.2, 0) is 14.8 Å². The van der Waals surface area contributed by atoms with Crippen LogP contribution in [0.4, 0.5) is 5.69 Å². The van der Waals surface area contributed by atoms with Crippen molar-refractivity contribution in [2.75, 3.05) is 13.7 Å². The highest BCUT2D eigenvalue weighted by Crippen LogP contribution is 2.29. The van der Waals surface area contributed by atoms with E-state index in [1.807, 2.05) is 0 Å². The van der Waals surface area contributed by atoms with Crippen LogP contribution in [0.25, 0.3) is 0 Å². The fourth-order valence-corrected chi connectivity index (χ4v) is 2.90. The predicted molar refractivity (Wildman–Crippen MR) is 57.8 cm³/mol. The molecular weight excluding hydrogens is 248 g/mol. The highest BCUT2D eigenvalue weighted by atomic mass is 32.2. The van der Waals surface area contributed by atoms with Gasteiger partial charge >= 0.3 is 0 Å². The molecule has 0 amide bonds. The van der Waals surface area contributed by atoms with Gasteiger partial charge in [-0.25, -0.2) is 8.42 Å². The third-order valence-corrected chi connectivity index (χ3v) is 4.32. The van der Waals surface area contributed by atoms with Gasteiger partial charge in [0.2, 0.25) is 10.0 Å². The molecule has 1 aromatic rings. The average Bonchev–Trinajstić information content (AvgIpc) is 3.09. The first kappa shape index (κ1) is 12.0. The van der Waals surface area contributed by atoms with E-state index in [0.717, 1.165) is 12.1 Å². The van der Waals surface area contributed by atoms with Crippen molar-refractivity contribution in [3.05, 3.63) is 34.4 Å². The number of nitro groups is 1. The van der Waals surface area contributed by atoms with Crippen molar-refractivity contribution in [2.45, 2.75) is 11.1 Å². The van der Waals surface area contributed by atoms with Crippen LogP contribution in [0.2, 0.25) is 0 Å². The van der Waals surface area contributed by atoms with Gasteiger partial charge in [0, 0.05) is 19.2 Å². The summed E-state index contributed by atoms with van der Waals surface area (Å²) in [7, 11) is -2.16. The van der Waals surface area contributed by atoms with Crippen LogP contribution in [0.1, 0.15) is 0 Å². The maximum atomic E-state index is 11.9. The van der Waals surface area contributed by atoms with Crippen molar-refractivity contribution in [1.29, 1.82) is 0 Å². The number of ether oxygens (including phenoxy) is 1. The van der Waals surface area contributed by atoms with E-state index in [-0.39, 0.29) is 10.6 Å². The number of rotatable bonds is 4. The first-order valence-electron chi connectivity index (χ1n) is 4.76. The topological polar surface area (TPSA) is 89.5 Å². The van der Waals surface area contributed by atoms with Crippen LogP contribution >= 0.6 is 0 Å². The lowest BCUT2D eigenvalue weighted by atomic mass is 10.3. The van der Waals surface area contributed by atoms with E-state index in [1.165, 1.54) is 23.5 Å². The molecule has 2 atom stereocenters. The molecule has 92 valence electrons. The lowest BCUT2D eigenvalue weighted by Crippen LogP contribution is -2.15. The molecule has 1 aromatic carbocycles. The minimum absolute atomic E-state index is 0.0302. The van der Waals surface area contributed by atoms with Gasteiger partial charge in [-0.1, -0.05) is 0 Å². The molecule has 1 saturated heterocycles. The first-order chi connectivity index (χ1) is 7.96. The van der Waals surface area contributed by atoms with E-state index in [2.05, 4.69) is 0 Å². The Labute approximate surface area is 97.8 Å². The maximum Gasteiger partial charge on any atom is 0.269 e. The molecule has 0 spiro atoms. The van der Waals surface area contributed by atoms with Crippen LogP contribution in [-0.4, -0.2) is 37.5 Å². The zero-order chi connectivity index (χ0) is 12.6. The molecule has 0 bridgehead atoms. The average molecular weight is 258 g/mol. The quantitative estimate of drug-likeness (QED) is 0.447. The normalized spacial score (nSPS) is 23.4. The fourth-order valence-electron chi connectivity index (χ4n) is 1.43. The number of non-ortho nitro benzene ring substituents is 1. The number of nitrogens with zero attached hydrogens (tertiary/aromatic N) is 2. The van der Waals surface area contributed by atoms with Crippen molar-refractivity contribution in [2.24, 2.45) is 0 Å². The number of sulfonamides is 1. The van der Waals surface area contributed by atoms with Crippen LogP contribution in [0.5, 0.6) is 0 Å². The molecule has 2 rings (SSSR count). The molecule has 1 aliphatic heterocycles. The SMILES string of the molecule is COC1CN1S(=O)(=O)c1ccc([N+](=O)[O-])cc1. The van der Waals surface area contributed by atoms with E-state index < -0.39 is 21.2 Å². The smallest absolute Gasteiger partial charge is 0.269 e. The second kappa shape index (κ2) is 4.06. The van der Waals surface area contributed by atoms with Crippen molar-refractivity contribution in [3.8, 4) is 0 Å². The number of nitro benzene ring substituents is 1. The Kier molecular flexibility index (Phi) is 2.86. The summed E-state index contributed by atoms with van der Waals surface area (Å²) < 4.78 is 29.9. The van der Waals surface area contributed by atoms with Crippen LogP contribution < -0.4 is 0 Å². The van der Waals surface area contributed by atoms with E-state index in [0.29, 0.717) is 6.54 Å². The van der Waals surface area contributed by atoms with Gasteiger partial charge in [0.15, 0.2) is 0 Å². The molecule has 1 heterocycles. The molecule has 0 aliphatic carbocycles. The standard InChI is InChI=1S/C9H10N2O5S/c1-16-9-6-10(9)17(14,15)8-4-2-7(3-5-8)11(12)13/h2-5,9H,6H2,1H3. The summed E-state index contributed by atoms with van der Waals surface area (Å²) >= 11 is 0. The van der Waals surface area contributed by atoms with Crippen LogP contribution in [0, 0.1) is 10.1 Å². The Morgan fingerprint density at radius 2 is 2.00 bits per heavy atom. The lowest BCUT2D eigenvalue weighted by Gasteiger charge is -2.04. The monoisotopic (exact) mass is 258 g/mol. The van der Waals surface area contributed by atoms with Gasteiger partial charge in [0.1, 0.15) is 6.23 Å². The third kappa shape index (κ3) is 2.14. The fraction of sp³-hybridized carbons (Fsp3) is 0.333. The molecular formula is C9H10N2O5S. The van der Waals surface area contributed by atoms with E-state index >= 15 is 0 Å². The summed E-state index contributed by atoms with van der Waals surface area (Å²) in [6, 6.07) is 4.77. The zero-order valence-corrected chi connectivity index (χ0v) is 9.75. The second-order valence-corrected chi connectivity index (χ2v) is 5.41. The number of methoxy groups -OCH3 is 1. The van der Waals surface area contributed by atoms with E-state index in [9.17, 15) is 18.5 Å². The molecule has 17 heavy (non-hydrogen) atoms. The van der Waals surface area contributed by atoms with Crippen molar-refractivity contribution in [3.63, 3.8) is 0 Å². The molecule has 0 radical (unpaired) electrons. The Balaban J connectivity index is 2.26. The predicted octanol–water partition coefficient (Wildman–Crippen LogP) is 0.572. The van der Waals surface area contributed by atoms with Gasteiger partial charge in [-0.05, 0) is 12.1 Å². The molecule has 8 heteroatoms. The Hall–Kier alpha value is -1.51. The van der Waals surface area contributed by atoms with Crippen molar-refractivity contribution in [1.82, 2.24) is 4.31 Å². The van der Waals surface area contributed by atoms with E-state index in [4.69, 9.17) is 4.74 Å². The molecule has 7 nitrogen and oxygen atoms in total. The molecule has 2 unspecified atom stereocenters. The zero-order valence-electron chi connectivity index (χ0n) is 8.94. The second-order valence-electron chi connectivity index (χ2n) is 3.52. The van der Waals surface area contributed by atoms with Gasteiger partial charge in [-0.2, -0.15) is 4.31 Å². The Bertz CT molecular complexity index is 539. The number of hydrogen-bond donors (Lipinski definition) is 0. The minimum Gasteiger partial charge on any atom is -0.364 e. The van der Waals surface area contributed by atoms with Gasteiger partial charge < -0.3 is 4.74 Å². The summed E-state index contributed by atoms with van der Waals surface area (Å²) in [6.07, 6.45) is -0.421. The summed E-state index contributed by atoms with van der Waals surface area (Å²) in [5.41, 5.74) is -0.141. The van der Waals surface area contributed by atoms with Crippen LogP contribution in [0.15, 0.2) is 29.2 Å². The first-order valence-corrected chi connectivity index (χ1v) is 6.20. The summed E-state index contributed by atoms with van der Waals surface area (Å²) in [4.78, 5) is 9.88. The maximum absolute atomic E-state index is 11.9. The molecule has 0 saturated carbocycles. The minimum atomic E-state index is -3.58. The highest BCUT2D eigenvalue weighted by molar-refractivity contribution is 7.89. The number of benzene rings is 1. The van der Waals surface area contributed by atoms with Gasteiger partial charge in [-0.3, -0.25) is 10.1 Å². The third-order valence-electron chi connectivity index (χ3n) is 2.45. The molecule has 1 fully saturated rings. The molecule has 0 N–H and O–H groups in total. The summed E-state index contributed by atoms with van der Waals surface area (Å²) in [6.45, 7) is 0.315. The molecule has 1 aliphatic rings. The lowest BCUT2D eigenvalue weighted by molar-refractivity contribution is -0.384. The Morgan fingerprint density at radius 3 is 2.41 bits per heavy atom. The number of hydrogen-bond acceptors (Lipinski definition) is 5. The van der Waals surface area contributed by atoms with Gasteiger partial charge in [0.05, 0.1) is 16.4 Å². The summed E-state index contributed by atoms with van der Waals surface area (Å²) in [5, 5.41) is 10.4. The Morgan fingerprint density at radius 1 is 1.41 bits per heavy atom.